The van der Waals surface area contributed by atoms with E-state index in [4.69, 9.17) is 11.0 Å². The summed E-state index contributed by atoms with van der Waals surface area (Å²) < 4.78 is 26.0. The number of anilines is 3. The second-order valence-electron chi connectivity index (χ2n) is 4.84. The fourth-order valence-electron chi connectivity index (χ4n) is 1.69. The maximum absolute atomic E-state index is 12.3. The molecule has 2 heterocycles. The van der Waals surface area contributed by atoms with Gasteiger partial charge in [-0.2, -0.15) is 15.3 Å². The number of hydrogen-bond donors (Lipinski definition) is 2. The highest BCUT2D eigenvalue weighted by atomic mass is 32.2. The Morgan fingerprint density at radius 1 is 1.45 bits per heavy atom. The summed E-state index contributed by atoms with van der Waals surface area (Å²) in [4.78, 5) is 7.64. The summed E-state index contributed by atoms with van der Waals surface area (Å²) in [7, 11) is -1.99. The van der Waals surface area contributed by atoms with Crippen LogP contribution in [0.4, 0.5) is 17.5 Å². The van der Waals surface area contributed by atoms with Crippen LogP contribution in [-0.2, 0) is 16.9 Å². The minimum atomic E-state index is -3.59. The molecule has 0 aliphatic rings. The number of nitrogens with two attached hydrogens (primary N) is 1. The number of hydrogen-bond acceptors (Lipinski definition) is 8. The smallest absolute Gasteiger partial charge is 0.222 e. The number of aryl methyl sites for hydroxylation is 1. The summed E-state index contributed by atoms with van der Waals surface area (Å²) in [6, 6.07) is 1.91. The Labute approximate surface area is 127 Å². The number of nitriles is 1. The van der Waals surface area contributed by atoms with E-state index in [1.807, 2.05) is 6.07 Å². The molecule has 22 heavy (non-hydrogen) atoms. The Balaban J connectivity index is 2.53. The molecule has 10 heteroatoms. The molecule has 116 valence electrons. The first-order valence-electron chi connectivity index (χ1n) is 6.33. The van der Waals surface area contributed by atoms with Crippen molar-refractivity contribution >= 4 is 27.3 Å². The van der Waals surface area contributed by atoms with Crippen molar-refractivity contribution in [3.63, 3.8) is 0 Å². The molecule has 2 aromatic rings. The molecule has 0 aliphatic heterocycles. The van der Waals surface area contributed by atoms with E-state index in [1.165, 1.54) is 17.1 Å². The third-order valence-corrected chi connectivity index (χ3v) is 4.95. The number of sulfone groups is 1. The molecule has 3 N–H and O–H groups in total. The van der Waals surface area contributed by atoms with Crippen molar-refractivity contribution in [1.82, 2.24) is 19.7 Å². The molecule has 0 spiro atoms. The SMILES string of the molecule is CC(C)S(=O)(=O)c1nn(C)cc1Nc1nc(N)ncc1C#N. The average molecular weight is 321 g/mol. The monoisotopic (exact) mass is 321 g/mol. The van der Waals surface area contributed by atoms with Crippen LogP contribution in [0.25, 0.3) is 0 Å². The van der Waals surface area contributed by atoms with Crippen molar-refractivity contribution in [3.8, 4) is 6.07 Å². The summed E-state index contributed by atoms with van der Waals surface area (Å²) >= 11 is 0. The summed E-state index contributed by atoms with van der Waals surface area (Å²) in [5, 5.41) is 15.1. The molecule has 0 saturated carbocycles. The van der Waals surface area contributed by atoms with Crippen molar-refractivity contribution in [2.75, 3.05) is 11.1 Å². The van der Waals surface area contributed by atoms with Gasteiger partial charge in [-0.15, -0.1) is 0 Å². The highest BCUT2D eigenvalue weighted by molar-refractivity contribution is 7.92. The van der Waals surface area contributed by atoms with E-state index in [1.54, 1.807) is 20.9 Å². The number of nitrogens with zero attached hydrogens (tertiary/aromatic N) is 5. The lowest BCUT2D eigenvalue weighted by atomic mass is 10.3. The maximum atomic E-state index is 12.3. The third-order valence-electron chi connectivity index (χ3n) is 2.87. The standard InChI is InChI=1S/C12H15N7O2S/c1-7(2)22(20,21)11-9(6-19(3)18-11)16-10-8(4-13)5-15-12(14)17-10/h5-7H,1-3H3,(H3,14,15,16,17). The summed E-state index contributed by atoms with van der Waals surface area (Å²) in [5.74, 6) is 0.0989. The van der Waals surface area contributed by atoms with Gasteiger partial charge < -0.3 is 11.1 Å². The molecule has 9 nitrogen and oxygen atoms in total. The first-order valence-corrected chi connectivity index (χ1v) is 7.87. The van der Waals surface area contributed by atoms with E-state index >= 15 is 0 Å². The number of rotatable bonds is 4. The molecule has 2 aromatic heterocycles. The predicted octanol–water partition coefficient (Wildman–Crippen LogP) is 0.590. The topological polar surface area (TPSA) is 140 Å². The molecule has 0 amide bonds. The van der Waals surface area contributed by atoms with Gasteiger partial charge in [0.2, 0.25) is 20.8 Å². The van der Waals surface area contributed by atoms with Crippen LogP contribution in [0.3, 0.4) is 0 Å². The van der Waals surface area contributed by atoms with Gasteiger partial charge in [-0.1, -0.05) is 0 Å². The summed E-state index contributed by atoms with van der Waals surface area (Å²) in [6.45, 7) is 3.13. The molecule has 0 aromatic carbocycles. The van der Waals surface area contributed by atoms with Gasteiger partial charge >= 0.3 is 0 Å². The number of aromatic nitrogens is 4. The van der Waals surface area contributed by atoms with Crippen LogP contribution in [0, 0.1) is 11.3 Å². The predicted molar refractivity (Wildman–Crippen MR) is 80.0 cm³/mol. The van der Waals surface area contributed by atoms with Gasteiger partial charge in [-0.25, -0.2) is 13.4 Å². The summed E-state index contributed by atoms with van der Waals surface area (Å²) in [6.07, 6.45) is 2.76. The van der Waals surface area contributed by atoms with Crippen LogP contribution in [0.1, 0.15) is 19.4 Å². The molecule has 0 unspecified atom stereocenters. The summed E-state index contributed by atoms with van der Waals surface area (Å²) in [5.41, 5.74) is 5.87. The largest absolute Gasteiger partial charge is 0.368 e. The Bertz CT molecular complexity index is 849. The quantitative estimate of drug-likeness (QED) is 0.833. The van der Waals surface area contributed by atoms with Gasteiger partial charge in [0.05, 0.1) is 17.1 Å². The van der Waals surface area contributed by atoms with Crippen molar-refractivity contribution in [2.24, 2.45) is 7.05 Å². The van der Waals surface area contributed by atoms with Crippen LogP contribution in [0.5, 0.6) is 0 Å². The van der Waals surface area contributed by atoms with E-state index in [2.05, 4.69) is 20.4 Å². The zero-order chi connectivity index (χ0) is 16.5. The van der Waals surface area contributed by atoms with Gasteiger partial charge in [0.25, 0.3) is 0 Å². The molecule has 0 saturated heterocycles. The molecule has 0 aliphatic carbocycles. The van der Waals surface area contributed by atoms with Gasteiger partial charge in [0, 0.05) is 13.2 Å². The second-order valence-corrected chi connectivity index (χ2v) is 7.26. The maximum Gasteiger partial charge on any atom is 0.222 e. The van der Waals surface area contributed by atoms with E-state index in [0.717, 1.165) is 0 Å². The Morgan fingerprint density at radius 3 is 2.73 bits per heavy atom. The zero-order valence-corrected chi connectivity index (χ0v) is 13.1. The first-order chi connectivity index (χ1) is 10.3. The average Bonchev–Trinajstić information content (AvgIpc) is 2.80. The number of nitrogen functional groups attached to an aromatic ring is 1. The highest BCUT2D eigenvalue weighted by Gasteiger charge is 2.27. The molecule has 0 fully saturated rings. The molecular weight excluding hydrogens is 306 g/mol. The highest BCUT2D eigenvalue weighted by Crippen LogP contribution is 2.27. The van der Waals surface area contributed by atoms with E-state index in [-0.39, 0.29) is 28.0 Å². The van der Waals surface area contributed by atoms with Crippen molar-refractivity contribution < 1.29 is 8.42 Å². The fraction of sp³-hybridized carbons (Fsp3) is 0.333. The van der Waals surface area contributed by atoms with E-state index in [0.29, 0.717) is 0 Å². The first kappa shape index (κ1) is 15.7. The van der Waals surface area contributed by atoms with E-state index in [9.17, 15) is 8.42 Å². The van der Waals surface area contributed by atoms with Crippen LogP contribution in [0.15, 0.2) is 17.4 Å². The molecule has 0 radical (unpaired) electrons. The van der Waals surface area contributed by atoms with E-state index < -0.39 is 15.1 Å². The van der Waals surface area contributed by atoms with Crippen LogP contribution < -0.4 is 11.1 Å². The molecule has 2 rings (SSSR count). The normalized spacial score (nSPS) is 11.4. The van der Waals surface area contributed by atoms with Gasteiger partial charge in [0.15, 0.2) is 5.82 Å². The van der Waals surface area contributed by atoms with Gasteiger partial charge in [0.1, 0.15) is 11.6 Å². The lowest BCUT2D eigenvalue weighted by Crippen LogP contribution is -2.16. The van der Waals surface area contributed by atoms with Crippen molar-refractivity contribution in [1.29, 1.82) is 5.26 Å². The van der Waals surface area contributed by atoms with Crippen molar-refractivity contribution in [3.05, 3.63) is 18.0 Å². The Morgan fingerprint density at radius 2 is 2.14 bits per heavy atom. The van der Waals surface area contributed by atoms with Crippen LogP contribution >= 0.6 is 0 Å². The fourth-order valence-corrected chi connectivity index (χ4v) is 2.79. The second kappa shape index (κ2) is 5.61. The third kappa shape index (κ3) is 2.84. The molecule has 0 atom stereocenters. The Hall–Kier alpha value is -2.67. The van der Waals surface area contributed by atoms with Crippen LogP contribution in [-0.4, -0.2) is 33.4 Å². The molecule has 0 bridgehead atoms. The minimum absolute atomic E-state index is 0.0290. The van der Waals surface area contributed by atoms with Crippen LogP contribution in [0.2, 0.25) is 0 Å². The Kier molecular flexibility index (Phi) is 4.01. The van der Waals surface area contributed by atoms with Gasteiger partial charge in [-0.05, 0) is 13.8 Å². The molecular formula is C12H15N7O2S. The lowest BCUT2D eigenvalue weighted by Gasteiger charge is -2.09. The number of nitrogens with one attached hydrogen (secondary N) is 1. The van der Waals surface area contributed by atoms with Crippen molar-refractivity contribution in [2.45, 2.75) is 24.1 Å². The zero-order valence-electron chi connectivity index (χ0n) is 12.3. The minimum Gasteiger partial charge on any atom is -0.368 e. The lowest BCUT2D eigenvalue weighted by molar-refractivity contribution is 0.579. The van der Waals surface area contributed by atoms with Gasteiger partial charge in [-0.3, -0.25) is 4.68 Å².